The SMILES string of the molecule is Cc1cccc(NS(=O)(=O)c2cccc(C(=O)Nc3cccc(Cl)c3)c2)c1. The second-order valence-electron chi connectivity index (χ2n) is 5.97. The number of amides is 1. The van der Waals surface area contributed by atoms with E-state index in [4.69, 9.17) is 11.6 Å². The smallest absolute Gasteiger partial charge is 0.261 e. The maximum Gasteiger partial charge on any atom is 0.261 e. The van der Waals surface area contributed by atoms with E-state index in [0.29, 0.717) is 16.4 Å². The Morgan fingerprint density at radius 2 is 1.59 bits per heavy atom. The standard InChI is InChI=1S/C20H17ClN2O3S/c1-14-5-2-9-18(11-14)23-27(25,26)19-10-3-6-15(12-19)20(24)22-17-8-4-7-16(21)13-17/h2-13,23H,1H3,(H,22,24). The number of anilines is 2. The van der Waals surface area contributed by atoms with Crippen LogP contribution in [0.25, 0.3) is 0 Å². The van der Waals surface area contributed by atoms with E-state index in [-0.39, 0.29) is 10.5 Å². The molecule has 0 bridgehead atoms. The molecule has 27 heavy (non-hydrogen) atoms. The van der Waals surface area contributed by atoms with Gasteiger partial charge in [0.1, 0.15) is 0 Å². The van der Waals surface area contributed by atoms with Gasteiger partial charge in [0.2, 0.25) is 0 Å². The van der Waals surface area contributed by atoms with Crippen LogP contribution < -0.4 is 10.0 Å². The van der Waals surface area contributed by atoms with E-state index >= 15 is 0 Å². The van der Waals surface area contributed by atoms with Crippen LogP contribution in [0.15, 0.2) is 77.7 Å². The lowest BCUT2D eigenvalue weighted by Gasteiger charge is -2.10. The van der Waals surface area contributed by atoms with E-state index in [1.165, 1.54) is 18.2 Å². The number of hydrogen-bond acceptors (Lipinski definition) is 3. The van der Waals surface area contributed by atoms with Crippen molar-refractivity contribution in [3.63, 3.8) is 0 Å². The molecule has 7 heteroatoms. The van der Waals surface area contributed by atoms with Crippen molar-refractivity contribution in [3.8, 4) is 0 Å². The lowest BCUT2D eigenvalue weighted by Crippen LogP contribution is -2.16. The Balaban J connectivity index is 1.82. The van der Waals surface area contributed by atoms with Crippen molar-refractivity contribution in [1.29, 1.82) is 0 Å². The van der Waals surface area contributed by atoms with Gasteiger partial charge in [-0.2, -0.15) is 0 Å². The third-order valence-corrected chi connectivity index (χ3v) is 5.37. The number of nitrogens with one attached hydrogen (secondary N) is 2. The first-order valence-electron chi connectivity index (χ1n) is 8.10. The Morgan fingerprint density at radius 1 is 0.889 bits per heavy atom. The first-order chi connectivity index (χ1) is 12.8. The van der Waals surface area contributed by atoms with E-state index in [2.05, 4.69) is 10.0 Å². The highest BCUT2D eigenvalue weighted by molar-refractivity contribution is 7.92. The summed E-state index contributed by atoms with van der Waals surface area (Å²) in [6.45, 7) is 1.87. The molecule has 0 saturated carbocycles. The summed E-state index contributed by atoms with van der Waals surface area (Å²) in [5.41, 5.74) is 2.15. The Kier molecular flexibility index (Phi) is 5.48. The predicted octanol–water partition coefficient (Wildman–Crippen LogP) is 4.70. The number of rotatable bonds is 5. The largest absolute Gasteiger partial charge is 0.322 e. The maximum atomic E-state index is 12.6. The van der Waals surface area contributed by atoms with Gasteiger partial charge >= 0.3 is 0 Å². The van der Waals surface area contributed by atoms with E-state index < -0.39 is 15.9 Å². The summed E-state index contributed by atoms with van der Waals surface area (Å²) in [6, 6.07) is 19.6. The van der Waals surface area contributed by atoms with Gasteiger partial charge in [0.15, 0.2) is 0 Å². The van der Waals surface area contributed by atoms with Crippen molar-refractivity contribution >= 4 is 38.9 Å². The molecule has 0 spiro atoms. The Hall–Kier alpha value is -2.83. The molecule has 0 aliphatic rings. The fourth-order valence-corrected chi connectivity index (χ4v) is 3.78. The fourth-order valence-electron chi connectivity index (χ4n) is 2.50. The highest BCUT2D eigenvalue weighted by Crippen LogP contribution is 2.20. The molecule has 3 aromatic carbocycles. The Labute approximate surface area is 163 Å². The molecule has 0 atom stereocenters. The molecule has 3 aromatic rings. The van der Waals surface area contributed by atoms with Crippen LogP contribution in [0.1, 0.15) is 15.9 Å². The zero-order chi connectivity index (χ0) is 19.4. The molecule has 0 aliphatic carbocycles. The topological polar surface area (TPSA) is 75.3 Å². The van der Waals surface area contributed by atoms with Gasteiger partial charge in [-0.15, -0.1) is 0 Å². The van der Waals surface area contributed by atoms with Gasteiger partial charge in [-0.05, 0) is 61.0 Å². The maximum absolute atomic E-state index is 12.6. The summed E-state index contributed by atoms with van der Waals surface area (Å²) in [6.07, 6.45) is 0. The average molecular weight is 401 g/mol. The minimum absolute atomic E-state index is 0.00255. The van der Waals surface area contributed by atoms with Crippen LogP contribution in [-0.4, -0.2) is 14.3 Å². The van der Waals surface area contributed by atoms with Crippen LogP contribution in [0.4, 0.5) is 11.4 Å². The summed E-state index contributed by atoms with van der Waals surface area (Å²) in [7, 11) is -3.82. The molecular weight excluding hydrogens is 384 g/mol. The van der Waals surface area contributed by atoms with E-state index in [9.17, 15) is 13.2 Å². The van der Waals surface area contributed by atoms with Crippen molar-refractivity contribution in [2.24, 2.45) is 0 Å². The molecule has 138 valence electrons. The fraction of sp³-hybridized carbons (Fsp3) is 0.0500. The zero-order valence-corrected chi connectivity index (χ0v) is 16.0. The summed E-state index contributed by atoms with van der Waals surface area (Å²) in [5.74, 6) is -0.426. The van der Waals surface area contributed by atoms with Crippen LogP contribution in [0.2, 0.25) is 5.02 Å². The quantitative estimate of drug-likeness (QED) is 0.651. The molecule has 3 rings (SSSR count). The number of benzene rings is 3. The molecule has 1 amide bonds. The molecule has 0 aromatic heterocycles. The van der Waals surface area contributed by atoms with Crippen molar-refractivity contribution in [2.75, 3.05) is 10.0 Å². The highest BCUT2D eigenvalue weighted by Gasteiger charge is 2.17. The van der Waals surface area contributed by atoms with Crippen LogP contribution in [0.5, 0.6) is 0 Å². The summed E-state index contributed by atoms with van der Waals surface area (Å²) >= 11 is 5.91. The van der Waals surface area contributed by atoms with Crippen LogP contribution in [-0.2, 0) is 10.0 Å². The van der Waals surface area contributed by atoms with Crippen LogP contribution in [0.3, 0.4) is 0 Å². The van der Waals surface area contributed by atoms with Crippen molar-refractivity contribution in [1.82, 2.24) is 0 Å². The molecule has 2 N–H and O–H groups in total. The van der Waals surface area contributed by atoms with Crippen molar-refractivity contribution < 1.29 is 13.2 Å². The molecule has 0 fully saturated rings. The lowest BCUT2D eigenvalue weighted by atomic mass is 10.2. The van der Waals surface area contributed by atoms with Gasteiger partial charge in [0, 0.05) is 22.0 Å². The van der Waals surface area contributed by atoms with E-state index in [0.717, 1.165) is 5.56 Å². The normalized spacial score (nSPS) is 11.0. The average Bonchev–Trinajstić information content (AvgIpc) is 2.61. The van der Waals surface area contributed by atoms with Gasteiger partial charge in [-0.3, -0.25) is 9.52 Å². The van der Waals surface area contributed by atoms with Crippen molar-refractivity contribution in [3.05, 3.63) is 88.9 Å². The van der Waals surface area contributed by atoms with Gasteiger partial charge < -0.3 is 5.32 Å². The number of halogens is 1. The minimum Gasteiger partial charge on any atom is -0.322 e. The molecule has 0 saturated heterocycles. The van der Waals surface area contributed by atoms with Gasteiger partial charge in [-0.25, -0.2) is 8.42 Å². The second kappa shape index (κ2) is 7.82. The number of sulfonamides is 1. The highest BCUT2D eigenvalue weighted by atomic mass is 35.5. The predicted molar refractivity (Wildman–Crippen MR) is 108 cm³/mol. The monoisotopic (exact) mass is 400 g/mol. The first-order valence-corrected chi connectivity index (χ1v) is 9.96. The minimum atomic E-state index is -3.82. The van der Waals surface area contributed by atoms with Gasteiger partial charge in [-0.1, -0.05) is 35.9 Å². The second-order valence-corrected chi connectivity index (χ2v) is 8.09. The Bertz CT molecular complexity index is 1100. The van der Waals surface area contributed by atoms with Crippen LogP contribution in [0, 0.1) is 6.92 Å². The van der Waals surface area contributed by atoms with E-state index in [1.807, 2.05) is 13.0 Å². The molecule has 0 radical (unpaired) electrons. The third-order valence-electron chi connectivity index (χ3n) is 3.76. The number of carbonyl (C=O) groups excluding carboxylic acids is 1. The molecule has 0 aliphatic heterocycles. The van der Waals surface area contributed by atoms with Gasteiger partial charge in [0.25, 0.3) is 15.9 Å². The third kappa shape index (κ3) is 4.87. The number of carbonyl (C=O) groups is 1. The molecule has 5 nitrogen and oxygen atoms in total. The Morgan fingerprint density at radius 3 is 2.33 bits per heavy atom. The lowest BCUT2D eigenvalue weighted by molar-refractivity contribution is 0.102. The zero-order valence-electron chi connectivity index (χ0n) is 14.4. The van der Waals surface area contributed by atoms with Crippen LogP contribution >= 0.6 is 11.6 Å². The van der Waals surface area contributed by atoms with Gasteiger partial charge in [0.05, 0.1) is 4.90 Å². The van der Waals surface area contributed by atoms with Crippen molar-refractivity contribution in [2.45, 2.75) is 11.8 Å². The molecular formula is C20H17ClN2O3S. The first kappa shape index (κ1) is 18.9. The number of aryl methyl sites for hydroxylation is 1. The molecule has 0 heterocycles. The summed E-state index contributed by atoms with van der Waals surface area (Å²) in [4.78, 5) is 12.4. The number of hydrogen-bond donors (Lipinski definition) is 2. The summed E-state index contributed by atoms with van der Waals surface area (Å²) < 4.78 is 27.8. The molecule has 0 unspecified atom stereocenters. The van der Waals surface area contributed by atoms with E-state index in [1.54, 1.807) is 48.5 Å². The summed E-state index contributed by atoms with van der Waals surface area (Å²) in [5, 5.41) is 3.19.